The molecule has 0 aromatic heterocycles. The zero-order valence-corrected chi connectivity index (χ0v) is 54.2. The molecule has 0 spiro atoms. The fourth-order valence-corrected chi connectivity index (χ4v) is 10.0. The first-order valence-electron chi connectivity index (χ1n) is 35.2. The van der Waals surface area contributed by atoms with E-state index in [4.69, 9.17) is 14.2 Å². The van der Waals surface area contributed by atoms with Crippen LogP contribution in [0.15, 0.2) is 97.2 Å². The second-order valence-electron chi connectivity index (χ2n) is 23.4. The van der Waals surface area contributed by atoms with E-state index in [-0.39, 0.29) is 31.1 Å². The first kappa shape index (κ1) is 78.3. The third kappa shape index (κ3) is 67.1. The van der Waals surface area contributed by atoms with Crippen molar-refractivity contribution in [1.82, 2.24) is 0 Å². The van der Waals surface area contributed by atoms with Crippen molar-refractivity contribution in [3.05, 3.63) is 97.2 Å². The molecule has 6 nitrogen and oxygen atoms in total. The molecular formula is C76H132O6. The summed E-state index contributed by atoms with van der Waals surface area (Å²) in [5.41, 5.74) is 0. The van der Waals surface area contributed by atoms with Gasteiger partial charge in [-0.25, -0.2) is 0 Å². The van der Waals surface area contributed by atoms with Gasteiger partial charge in [-0.1, -0.05) is 304 Å². The highest BCUT2D eigenvalue weighted by Gasteiger charge is 2.19. The van der Waals surface area contributed by atoms with Crippen LogP contribution in [0, 0.1) is 0 Å². The van der Waals surface area contributed by atoms with Crippen LogP contribution in [0.1, 0.15) is 348 Å². The lowest BCUT2D eigenvalue weighted by Crippen LogP contribution is -2.30. The van der Waals surface area contributed by atoms with Gasteiger partial charge < -0.3 is 14.2 Å². The maximum atomic E-state index is 12.9. The van der Waals surface area contributed by atoms with E-state index < -0.39 is 6.10 Å². The number of carbonyl (C=O) groups excluding carboxylic acids is 3. The lowest BCUT2D eigenvalue weighted by atomic mass is 10.0. The summed E-state index contributed by atoms with van der Waals surface area (Å²) >= 11 is 0. The van der Waals surface area contributed by atoms with Gasteiger partial charge in [0.2, 0.25) is 0 Å². The van der Waals surface area contributed by atoms with Crippen LogP contribution in [0.5, 0.6) is 0 Å². The molecule has 0 aliphatic rings. The zero-order chi connectivity index (χ0) is 59.2. The Bertz CT molecular complexity index is 1590. The van der Waals surface area contributed by atoms with E-state index in [2.05, 4.69) is 118 Å². The maximum Gasteiger partial charge on any atom is 0.306 e. The highest BCUT2D eigenvalue weighted by atomic mass is 16.6. The van der Waals surface area contributed by atoms with Crippen LogP contribution >= 0.6 is 0 Å². The van der Waals surface area contributed by atoms with Crippen LogP contribution in [0.4, 0.5) is 0 Å². The molecule has 0 aromatic rings. The highest BCUT2D eigenvalue weighted by Crippen LogP contribution is 2.17. The minimum atomic E-state index is -0.787. The summed E-state index contributed by atoms with van der Waals surface area (Å²) < 4.78 is 16.9. The number of unbranched alkanes of at least 4 members (excludes halogenated alkanes) is 37. The van der Waals surface area contributed by atoms with Gasteiger partial charge in [0, 0.05) is 19.3 Å². The average Bonchev–Trinajstić information content (AvgIpc) is 3.48. The van der Waals surface area contributed by atoms with Gasteiger partial charge in [0.05, 0.1) is 0 Å². The number of hydrogen-bond donors (Lipinski definition) is 0. The van der Waals surface area contributed by atoms with Crippen molar-refractivity contribution in [2.75, 3.05) is 13.2 Å². The largest absolute Gasteiger partial charge is 0.462 e. The van der Waals surface area contributed by atoms with Crippen molar-refractivity contribution in [3.8, 4) is 0 Å². The summed E-state index contributed by atoms with van der Waals surface area (Å²) in [6, 6.07) is 0. The predicted octanol–water partition coefficient (Wildman–Crippen LogP) is 24.4. The number of allylic oxidation sites excluding steroid dienone is 16. The van der Waals surface area contributed by atoms with Crippen LogP contribution in [0.3, 0.4) is 0 Å². The Kier molecular flexibility index (Phi) is 66.7. The van der Waals surface area contributed by atoms with E-state index in [1.54, 1.807) is 0 Å². The van der Waals surface area contributed by atoms with Crippen LogP contribution in [-0.4, -0.2) is 37.2 Å². The molecule has 0 rings (SSSR count). The molecule has 0 bridgehead atoms. The lowest BCUT2D eigenvalue weighted by Gasteiger charge is -2.18. The Hall–Kier alpha value is -3.67. The van der Waals surface area contributed by atoms with Gasteiger partial charge in [-0.3, -0.25) is 14.4 Å². The molecule has 0 aromatic carbocycles. The predicted molar refractivity (Wildman–Crippen MR) is 357 cm³/mol. The molecule has 0 heterocycles. The number of esters is 3. The molecule has 0 saturated heterocycles. The molecule has 0 radical (unpaired) electrons. The molecule has 0 N–H and O–H groups in total. The van der Waals surface area contributed by atoms with Gasteiger partial charge in [0.25, 0.3) is 0 Å². The van der Waals surface area contributed by atoms with E-state index in [0.29, 0.717) is 19.3 Å². The zero-order valence-electron chi connectivity index (χ0n) is 54.2. The summed E-state index contributed by atoms with van der Waals surface area (Å²) in [6.45, 7) is 6.51. The summed E-state index contributed by atoms with van der Waals surface area (Å²) in [7, 11) is 0. The Morgan fingerprint density at radius 3 is 0.780 bits per heavy atom. The van der Waals surface area contributed by atoms with Gasteiger partial charge in [-0.15, -0.1) is 0 Å². The third-order valence-corrected chi connectivity index (χ3v) is 15.3. The van der Waals surface area contributed by atoms with Crippen molar-refractivity contribution >= 4 is 17.9 Å². The first-order chi connectivity index (χ1) is 40.5. The monoisotopic (exact) mass is 1140 g/mol. The van der Waals surface area contributed by atoms with Gasteiger partial charge in [0.1, 0.15) is 13.2 Å². The average molecular weight is 1140 g/mol. The SMILES string of the molecule is CC/C=C\C/C=C\C/C=C\C/C=C\C/C=C\CCCCCCCCCCCCCCCCCCCCCC(=O)OCC(COC(=O)CCCCCCC/C=C\CCCCCCC)OC(=O)CCCCCCC/C=C\C/C=C\CCCCC. The Morgan fingerprint density at radius 1 is 0.256 bits per heavy atom. The minimum Gasteiger partial charge on any atom is -0.462 e. The second kappa shape index (κ2) is 69.8. The quantitative estimate of drug-likeness (QED) is 0.0261. The molecule has 0 aliphatic heterocycles. The number of hydrogen-bond acceptors (Lipinski definition) is 6. The highest BCUT2D eigenvalue weighted by molar-refractivity contribution is 5.71. The lowest BCUT2D eigenvalue weighted by molar-refractivity contribution is -0.167. The van der Waals surface area contributed by atoms with E-state index in [9.17, 15) is 14.4 Å². The Labute approximate surface area is 508 Å². The molecule has 472 valence electrons. The number of carbonyl (C=O) groups is 3. The van der Waals surface area contributed by atoms with Crippen molar-refractivity contribution in [2.24, 2.45) is 0 Å². The number of ether oxygens (including phenoxy) is 3. The van der Waals surface area contributed by atoms with E-state index >= 15 is 0 Å². The normalized spacial score (nSPS) is 12.7. The van der Waals surface area contributed by atoms with E-state index in [1.165, 1.54) is 186 Å². The third-order valence-electron chi connectivity index (χ3n) is 15.3. The molecular weight excluding hydrogens is 1010 g/mol. The smallest absolute Gasteiger partial charge is 0.306 e. The van der Waals surface area contributed by atoms with Gasteiger partial charge in [-0.05, 0) is 122 Å². The van der Waals surface area contributed by atoms with Crippen molar-refractivity contribution in [1.29, 1.82) is 0 Å². The summed E-state index contributed by atoms with van der Waals surface area (Å²) in [5.74, 6) is -0.889. The summed E-state index contributed by atoms with van der Waals surface area (Å²) in [4.78, 5) is 38.3. The standard InChI is InChI=1S/C76H132O6/c1-4-7-10-13-16-19-22-25-28-29-30-31-32-33-34-35-36-37-38-39-40-41-42-43-44-45-46-47-49-51-54-57-60-63-66-69-75(78)81-72-73(71-80-74(77)68-65-62-59-56-53-50-27-24-21-18-15-12-9-6-3)82-76(79)70-67-64-61-58-55-52-48-26-23-20-17-14-11-8-5-2/h7,10,16-17,19-20,24-28,30-31,33-34,48,73H,4-6,8-9,11-15,18,21-23,29,32,35-47,49-72H2,1-3H3/b10-7-,19-16-,20-17-,27-24-,28-25-,31-30-,34-33-,48-26-. The summed E-state index contributed by atoms with van der Waals surface area (Å²) in [5, 5.41) is 0. The molecule has 0 saturated carbocycles. The fourth-order valence-electron chi connectivity index (χ4n) is 10.0. The van der Waals surface area contributed by atoms with Crippen molar-refractivity contribution in [2.45, 2.75) is 354 Å². The minimum absolute atomic E-state index is 0.0817. The van der Waals surface area contributed by atoms with Crippen LogP contribution < -0.4 is 0 Å². The summed E-state index contributed by atoms with van der Waals surface area (Å²) in [6.07, 6.45) is 94.4. The molecule has 0 amide bonds. The van der Waals surface area contributed by atoms with Crippen LogP contribution in [-0.2, 0) is 28.6 Å². The van der Waals surface area contributed by atoms with Gasteiger partial charge in [-0.2, -0.15) is 0 Å². The second-order valence-corrected chi connectivity index (χ2v) is 23.4. The topological polar surface area (TPSA) is 78.9 Å². The van der Waals surface area contributed by atoms with Crippen molar-refractivity contribution < 1.29 is 28.6 Å². The molecule has 6 heteroatoms. The van der Waals surface area contributed by atoms with E-state index in [1.807, 2.05) is 0 Å². The van der Waals surface area contributed by atoms with Crippen LogP contribution in [0.2, 0.25) is 0 Å². The molecule has 0 fully saturated rings. The first-order valence-corrected chi connectivity index (χ1v) is 35.2. The molecule has 1 unspecified atom stereocenters. The van der Waals surface area contributed by atoms with Crippen molar-refractivity contribution in [3.63, 3.8) is 0 Å². The fraction of sp³-hybridized carbons (Fsp3) is 0.750. The Balaban J connectivity index is 4.13. The van der Waals surface area contributed by atoms with Gasteiger partial charge >= 0.3 is 17.9 Å². The molecule has 1 atom stereocenters. The van der Waals surface area contributed by atoms with Gasteiger partial charge in [0.15, 0.2) is 6.10 Å². The molecule has 82 heavy (non-hydrogen) atoms. The Morgan fingerprint density at radius 2 is 0.476 bits per heavy atom. The molecule has 0 aliphatic carbocycles. The van der Waals surface area contributed by atoms with Crippen LogP contribution in [0.25, 0.3) is 0 Å². The number of rotatable bonds is 64. The van der Waals surface area contributed by atoms with E-state index in [0.717, 1.165) is 122 Å². The maximum absolute atomic E-state index is 12.9.